The number of hydrogen-bond donors (Lipinski definition) is 0. The fourth-order valence-corrected chi connectivity index (χ4v) is 7.08. The Morgan fingerprint density at radius 1 is 1.05 bits per heavy atom. The lowest BCUT2D eigenvalue weighted by atomic mass is 10.1. The van der Waals surface area contributed by atoms with E-state index >= 15 is 0 Å². The maximum atomic E-state index is 14.0. The largest absolute Gasteiger partial charge is 0.443 e. The molecule has 0 radical (unpaired) electrons. The van der Waals surface area contributed by atoms with E-state index in [2.05, 4.69) is 0 Å². The summed E-state index contributed by atoms with van der Waals surface area (Å²) in [6.45, 7) is 8.93. The molecule has 0 saturated heterocycles. The van der Waals surface area contributed by atoms with Crippen LogP contribution in [0.2, 0.25) is 10.0 Å². The van der Waals surface area contributed by atoms with Crippen molar-refractivity contribution in [1.29, 1.82) is 0 Å². The summed E-state index contributed by atoms with van der Waals surface area (Å²) in [5, 5.41) is 0.206. The lowest BCUT2D eigenvalue weighted by molar-refractivity contribution is -0.160. The van der Waals surface area contributed by atoms with Crippen LogP contribution in [-0.4, -0.2) is 45.5 Å². The van der Waals surface area contributed by atoms with Gasteiger partial charge in [0.25, 0.3) is 10.0 Å². The maximum Gasteiger partial charge on any atom is 0.414 e. The normalized spacial score (nSPS) is 14.1. The van der Waals surface area contributed by atoms with E-state index in [9.17, 15) is 17.8 Å². The topological polar surface area (TPSA) is 102 Å². The summed E-state index contributed by atoms with van der Waals surface area (Å²) in [6, 6.07) is 8.57. The zero-order valence-electron chi connectivity index (χ0n) is 21.2. The molecule has 1 amide bonds. The van der Waals surface area contributed by atoms with Crippen molar-refractivity contribution in [3.63, 3.8) is 0 Å². The number of carbonyl (C=O) groups excluding carboxylic acids is 1. The Morgan fingerprint density at radius 2 is 1.65 bits per heavy atom. The fourth-order valence-electron chi connectivity index (χ4n) is 3.88. The molecule has 0 spiro atoms. The van der Waals surface area contributed by atoms with Crippen molar-refractivity contribution >= 4 is 59.2 Å². The molecule has 2 aromatic carbocycles. The summed E-state index contributed by atoms with van der Waals surface area (Å²) in [7, 11) is -5.24. The van der Waals surface area contributed by atoms with Gasteiger partial charge in [0.05, 0.1) is 16.3 Å². The molecule has 0 atom stereocenters. The van der Waals surface area contributed by atoms with Crippen molar-refractivity contribution in [1.82, 2.24) is 0 Å². The van der Waals surface area contributed by atoms with Crippen molar-refractivity contribution in [3.05, 3.63) is 52.0 Å². The molecule has 0 bridgehead atoms. The number of amides is 1. The highest BCUT2D eigenvalue weighted by Gasteiger charge is 2.49. The number of ether oxygens (including phenoxy) is 3. The molecule has 0 saturated carbocycles. The molecule has 0 fully saturated rings. The van der Waals surface area contributed by atoms with E-state index in [1.54, 1.807) is 46.8 Å². The molecule has 2 aromatic rings. The minimum absolute atomic E-state index is 0.00504. The van der Waals surface area contributed by atoms with E-state index in [1.165, 1.54) is 29.2 Å². The first-order valence-corrected chi connectivity index (χ1v) is 14.6. The average Bonchev–Trinajstić information content (AvgIpc) is 3.21. The van der Waals surface area contributed by atoms with Crippen molar-refractivity contribution in [3.8, 4) is 0 Å². The van der Waals surface area contributed by atoms with Gasteiger partial charge in [-0.05, 0) is 83.0 Å². The van der Waals surface area contributed by atoms with E-state index in [-0.39, 0.29) is 33.8 Å². The number of hydrogen-bond acceptors (Lipinski definition) is 7. The summed E-state index contributed by atoms with van der Waals surface area (Å²) in [4.78, 5) is 14.0. The molecule has 0 unspecified atom stereocenters. The number of benzene rings is 2. The molecule has 0 aromatic heterocycles. The van der Waals surface area contributed by atoms with Gasteiger partial charge in [-0.1, -0.05) is 23.2 Å². The van der Waals surface area contributed by atoms with Gasteiger partial charge in [0.2, 0.25) is 8.46 Å². The molecule has 0 N–H and O–H groups in total. The zero-order chi connectivity index (χ0) is 27.6. The maximum absolute atomic E-state index is 14.0. The fraction of sp³-hybridized carbons (Fsp3) is 0.458. The lowest BCUT2D eigenvalue weighted by Crippen LogP contribution is -2.52. The van der Waals surface area contributed by atoms with E-state index in [0.717, 1.165) is 4.31 Å². The van der Waals surface area contributed by atoms with Gasteiger partial charge in [0, 0.05) is 29.8 Å². The average molecular weight is 591 g/mol. The van der Waals surface area contributed by atoms with Gasteiger partial charge in [-0.15, -0.1) is 0 Å². The van der Waals surface area contributed by atoms with Crippen LogP contribution in [0.5, 0.6) is 0 Å². The van der Waals surface area contributed by atoms with Crippen LogP contribution in [0.15, 0.2) is 41.3 Å². The molecule has 202 valence electrons. The number of halogens is 2. The monoisotopic (exact) mass is 590 g/mol. The Bertz CT molecular complexity index is 1260. The predicted octanol–water partition coefficient (Wildman–Crippen LogP) is 6.46. The number of anilines is 2. The van der Waals surface area contributed by atoms with E-state index in [0.29, 0.717) is 24.2 Å². The smallest absolute Gasteiger partial charge is 0.414 e. The third kappa shape index (κ3) is 6.38. The van der Waals surface area contributed by atoms with E-state index in [1.807, 2.05) is 0 Å². The lowest BCUT2D eigenvalue weighted by Gasteiger charge is -2.38. The Balaban J connectivity index is 2.18. The Hall–Kier alpha value is -1.94. The SMILES string of the molecule is CCOC(OCC)(P=O)N(c1ccc2c(c1)CCN2C(=O)OC(C)(C)C)S(=O)(=O)c1cc(Cl)cc(Cl)c1. The first kappa shape index (κ1) is 29.6. The first-order valence-electron chi connectivity index (χ1n) is 11.6. The summed E-state index contributed by atoms with van der Waals surface area (Å²) in [5.74, 6) is 0. The summed E-state index contributed by atoms with van der Waals surface area (Å²) in [5.41, 5.74) is -1.50. The second-order valence-corrected chi connectivity index (χ2v) is 12.5. The number of nitrogens with zero attached hydrogens (tertiary/aromatic N) is 2. The van der Waals surface area contributed by atoms with Crippen molar-refractivity contribution in [2.24, 2.45) is 0 Å². The third-order valence-corrected chi connectivity index (χ3v) is 8.24. The van der Waals surface area contributed by atoms with Crippen LogP contribution in [0, 0.1) is 0 Å². The van der Waals surface area contributed by atoms with Crippen molar-refractivity contribution in [2.45, 2.75) is 57.2 Å². The molecule has 1 heterocycles. The second kappa shape index (κ2) is 11.4. The molecule has 37 heavy (non-hydrogen) atoms. The van der Waals surface area contributed by atoms with E-state index in [4.69, 9.17) is 37.4 Å². The molecular weight excluding hydrogens is 562 g/mol. The third-order valence-electron chi connectivity index (χ3n) is 5.22. The Kier molecular flexibility index (Phi) is 9.15. The minimum Gasteiger partial charge on any atom is -0.443 e. The first-order chi connectivity index (χ1) is 17.3. The van der Waals surface area contributed by atoms with Crippen molar-refractivity contribution in [2.75, 3.05) is 29.0 Å². The number of rotatable bonds is 9. The molecule has 0 aliphatic carbocycles. The molecule has 13 heteroatoms. The highest BCUT2D eigenvalue weighted by molar-refractivity contribution is 7.93. The van der Waals surface area contributed by atoms with Gasteiger partial charge in [-0.25, -0.2) is 17.5 Å². The van der Waals surface area contributed by atoms with Crippen LogP contribution in [0.4, 0.5) is 16.2 Å². The Morgan fingerprint density at radius 3 is 2.16 bits per heavy atom. The van der Waals surface area contributed by atoms with E-state index < -0.39 is 35.8 Å². The summed E-state index contributed by atoms with van der Waals surface area (Å²) >= 11 is 12.2. The minimum atomic E-state index is -4.48. The molecule has 1 aliphatic heterocycles. The second-order valence-electron chi connectivity index (χ2n) is 9.08. The predicted molar refractivity (Wildman–Crippen MR) is 143 cm³/mol. The van der Waals surface area contributed by atoms with Gasteiger partial charge < -0.3 is 14.2 Å². The number of carbonyl (C=O) groups is 1. The molecule has 9 nitrogen and oxygen atoms in total. The van der Waals surface area contributed by atoms with Crippen LogP contribution in [0.1, 0.15) is 40.2 Å². The van der Waals surface area contributed by atoms with Crippen LogP contribution in [0.25, 0.3) is 0 Å². The number of fused-ring (bicyclic) bond motifs is 1. The van der Waals surface area contributed by atoms with Gasteiger partial charge in [0.1, 0.15) is 5.60 Å². The quantitative estimate of drug-likeness (QED) is 0.244. The molecule has 3 rings (SSSR count). The van der Waals surface area contributed by atoms with Crippen molar-refractivity contribution < 1.29 is 32.0 Å². The van der Waals surface area contributed by atoms with Crippen LogP contribution in [-0.2, 0) is 35.2 Å². The number of sulfonamides is 1. The van der Waals surface area contributed by atoms with Gasteiger partial charge in [-0.3, -0.25) is 9.46 Å². The highest BCUT2D eigenvalue weighted by Crippen LogP contribution is 2.43. The zero-order valence-corrected chi connectivity index (χ0v) is 24.4. The standard InChI is InChI=1S/C24H29Cl2N2O7PS/c1-6-33-24(36-30,34-7-2)28(37(31,32)20-14-17(25)13-18(26)15-20)19-8-9-21-16(12-19)10-11-27(21)22(29)35-23(3,4)5/h8-9,12-15H,6-7,10-11H2,1-5H3. The molecular formula is C24H29Cl2N2O7PS. The van der Waals surface area contributed by atoms with Crippen LogP contribution in [0.3, 0.4) is 0 Å². The Labute approximate surface area is 228 Å². The van der Waals surface area contributed by atoms with Gasteiger partial charge in [0.15, 0.2) is 0 Å². The summed E-state index contributed by atoms with van der Waals surface area (Å²) in [6.07, 6.45) is -0.0573. The molecule has 1 aliphatic rings. The highest BCUT2D eigenvalue weighted by atomic mass is 35.5. The summed E-state index contributed by atoms with van der Waals surface area (Å²) < 4.78 is 58.3. The van der Waals surface area contributed by atoms with Crippen LogP contribution < -0.4 is 9.21 Å². The van der Waals surface area contributed by atoms with Gasteiger partial charge >= 0.3 is 11.7 Å². The van der Waals surface area contributed by atoms with Crippen LogP contribution >= 0.6 is 31.7 Å². The van der Waals surface area contributed by atoms with Gasteiger partial charge in [-0.2, -0.15) is 0 Å².